The average molecular weight is 403 g/mol. The zero-order valence-electron chi connectivity index (χ0n) is 17.4. The summed E-state index contributed by atoms with van der Waals surface area (Å²) in [6.07, 6.45) is 2.80. The van der Waals surface area contributed by atoms with Crippen LogP contribution in [-0.4, -0.2) is 21.8 Å². The van der Waals surface area contributed by atoms with Crippen LogP contribution >= 0.6 is 0 Å². The maximum Gasteiger partial charge on any atom is 0.325 e. The van der Waals surface area contributed by atoms with Gasteiger partial charge in [0.1, 0.15) is 11.8 Å². The van der Waals surface area contributed by atoms with E-state index in [1.165, 1.54) is 11.2 Å². The number of carbonyl (C=O) groups is 2. The maximum atomic E-state index is 13.4. The van der Waals surface area contributed by atoms with Gasteiger partial charge in [-0.2, -0.15) is 0 Å². The SMILES string of the molecule is CCC[C@]1(c2ccccc2)NC(=O)N(Cc2coc(-c3ccc(C)cc3C)n2)C1=O. The summed E-state index contributed by atoms with van der Waals surface area (Å²) in [6, 6.07) is 15.0. The molecule has 154 valence electrons. The fourth-order valence-electron chi connectivity index (χ4n) is 4.10. The number of urea groups is 1. The summed E-state index contributed by atoms with van der Waals surface area (Å²) in [5, 5.41) is 2.94. The van der Waals surface area contributed by atoms with Gasteiger partial charge in [-0.25, -0.2) is 9.78 Å². The Labute approximate surface area is 175 Å². The van der Waals surface area contributed by atoms with E-state index in [1.54, 1.807) is 0 Å². The van der Waals surface area contributed by atoms with Gasteiger partial charge in [0.15, 0.2) is 0 Å². The number of hydrogen-bond donors (Lipinski definition) is 1. The van der Waals surface area contributed by atoms with Crippen molar-refractivity contribution in [3.8, 4) is 11.5 Å². The number of aromatic nitrogens is 1. The number of imide groups is 1. The Hall–Kier alpha value is -3.41. The second-order valence-electron chi connectivity index (χ2n) is 7.81. The van der Waals surface area contributed by atoms with E-state index in [1.807, 2.05) is 63.2 Å². The number of hydrogen-bond acceptors (Lipinski definition) is 4. The molecule has 1 aliphatic heterocycles. The third-order valence-electron chi connectivity index (χ3n) is 5.55. The van der Waals surface area contributed by atoms with Crippen LogP contribution in [0.2, 0.25) is 0 Å². The fourth-order valence-corrected chi connectivity index (χ4v) is 4.10. The standard InChI is InChI=1S/C24H25N3O3/c1-4-12-24(18-8-6-5-7-9-18)22(28)27(23(29)26-24)14-19-15-30-21(25-19)20-11-10-16(2)13-17(20)3/h5-11,13,15H,4,12,14H2,1-3H3,(H,26,29)/t24-/m1/s1. The van der Waals surface area contributed by atoms with Gasteiger partial charge in [0.2, 0.25) is 5.89 Å². The Bertz CT molecular complexity index is 1090. The molecule has 1 atom stereocenters. The highest BCUT2D eigenvalue weighted by atomic mass is 16.3. The van der Waals surface area contributed by atoms with Crippen LogP contribution in [0.1, 0.15) is 42.1 Å². The highest BCUT2D eigenvalue weighted by Gasteiger charge is 2.51. The van der Waals surface area contributed by atoms with E-state index in [-0.39, 0.29) is 12.5 Å². The Kier molecular flexibility index (Phi) is 5.16. The van der Waals surface area contributed by atoms with E-state index in [0.717, 1.165) is 28.7 Å². The summed E-state index contributed by atoms with van der Waals surface area (Å²) in [5.74, 6) is 0.231. The van der Waals surface area contributed by atoms with Gasteiger partial charge in [-0.15, -0.1) is 0 Å². The summed E-state index contributed by atoms with van der Waals surface area (Å²) in [6.45, 7) is 6.10. The van der Waals surface area contributed by atoms with Crippen LogP contribution < -0.4 is 5.32 Å². The molecule has 0 unspecified atom stereocenters. The Morgan fingerprint density at radius 1 is 1.10 bits per heavy atom. The van der Waals surface area contributed by atoms with E-state index in [4.69, 9.17) is 4.42 Å². The van der Waals surface area contributed by atoms with Crippen LogP contribution in [0, 0.1) is 13.8 Å². The molecule has 1 aromatic heterocycles. The molecule has 0 bridgehead atoms. The lowest BCUT2D eigenvalue weighted by atomic mass is 9.85. The quantitative estimate of drug-likeness (QED) is 0.605. The van der Waals surface area contributed by atoms with Crippen LogP contribution in [-0.2, 0) is 16.9 Å². The van der Waals surface area contributed by atoms with E-state index in [9.17, 15) is 9.59 Å². The molecular weight excluding hydrogens is 378 g/mol. The highest BCUT2D eigenvalue weighted by Crippen LogP contribution is 2.34. The van der Waals surface area contributed by atoms with Gasteiger partial charge in [-0.05, 0) is 37.5 Å². The highest BCUT2D eigenvalue weighted by molar-refractivity contribution is 6.07. The molecule has 2 aromatic carbocycles. The summed E-state index contributed by atoms with van der Waals surface area (Å²) in [4.78, 5) is 31.9. The van der Waals surface area contributed by atoms with E-state index >= 15 is 0 Å². The van der Waals surface area contributed by atoms with Crippen molar-refractivity contribution in [2.75, 3.05) is 0 Å². The third kappa shape index (κ3) is 3.38. The number of amides is 3. The largest absolute Gasteiger partial charge is 0.444 e. The minimum absolute atomic E-state index is 0.0668. The minimum atomic E-state index is -1.03. The number of nitrogens with zero attached hydrogens (tertiary/aromatic N) is 2. The van der Waals surface area contributed by atoms with E-state index < -0.39 is 11.6 Å². The lowest BCUT2D eigenvalue weighted by Gasteiger charge is -2.26. The summed E-state index contributed by atoms with van der Waals surface area (Å²) < 4.78 is 5.66. The third-order valence-corrected chi connectivity index (χ3v) is 5.55. The Morgan fingerprint density at radius 3 is 2.57 bits per heavy atom. The monoisotopic (exact) mass is 403 g/mol. The molecule has 30 heavy (non-hydrogen) atoms. The van der Waals surface area contributed by atoms with Gasteiger partial charge in [0, 0.05) is 5.56 Å². The first-order chi connectivity index (χ1) is 14.4. The molecule has 1 saturated heterocycles. The second kappa shape index (κ2) is 7.78. The molecule has 1 N–H and O–H groups in total. The molecule has 4 rings (SSSR count). The lowest BCUT2D eigenvalue weighted by molar-refractivity contribution is -0.132. The van der Waals surface area contributed by atoms with Gasteiger partial charge in [-0.1, -0.05) is 61.4 Å². The first-order valence-corrected chi connectivity index (χ1v) is 10.2. The van der Waals surface area contributed by atoms with Crippen LogP contribution in [0.5, 0.6) is 0 Å². The van der Waals surface area contributed by atoms with Crippen LogP contribution in [0.25, 0.3) is 11.5 Å². The number of carbonyl (C=O) groups excluding carboxylic acids is 2. The zero-order valence-corrected chi connectivity index (χ0v) is 17.4. The number of nitrogens with one attached hydrogen (secondary N) is 1. The molecule has 0 radical (unpaired) electrons. The molecule has 2 heterocycles. The average Bonchev–Trinajstić information content (AvgIpc) is 3.28. The number of oxazole rings is 1. The molecule has 3 amide bonds. The maximum absolute atomic E-state index is 13.4. The molecule has 6 heteroatoms. The normalized spacial score (nSPS) is 18.7. The van der Waals surface area contributed by atoms with E-state index in [2.05, 4.69) is 16.4 Å². The van der Waals surface area contributed by atoms with Crippen molar-refractivity contribution < 1.29 is 14.0 Å². The predicted octanol–water partition coefficient (Wildman–Crippen LogP) is 4.71. The zero-order chi connectivity index (χ0) is 21.3. The van der Waals surface area contributed by atoms with Gasteiger partial charge in [0.25, 0.3) is 5.91 Å². The van der Waals surface area contributed by atoms with E-state index in [0.29, 0.717) is 18.0 Å². The van der Waals surface area contributed by atoms with Crippen molar-refractivity contribution in [2.45, 2.75) is 45.7 Å². The summed E-state index contributed by atoms with van der Waals surface area (Å²) >= 11 is 0. The molecule has 3 aromatic rings. The fraction of sp³-hybridized carbons (Fsp3) is 0.292. The van der Waals surface area contributed by atoms with Crippen molar-refractivity contribution in [1.29, 1.82) is 0 Å². The van der Waals surface area contributed by atoms with Crippen molar-refractivity contribution in [1.82, 2.24) is 15.2 Å². The Balaban J connectivity index is 1.60. The lowest BCUT2D eigenvalue weighted by Crippen LogP contribution is -2.43. The van der Waals surface area contributed by atoms with Gasteiger partial charge in [0.05, 0.1) is 12.2 Å². The molecule has 6 nitrogen and oxygen atoms in total. The first kappa shape index (κ1) is 19.9. The molecule has 0 spiro atoms. The first-order valence-electron chi connectivity index (χ1n) is 10.2. The van der Waals surface area contributed by atoms with Crippen molar-refractivity contribution >= 4 is 11.9 Å². The molecule has 1 fully saturated rings. The van der Waals surface area contributed by atoms with Crippen LogP contribution in [0.3, 0.4) is 0 Å². The Morgan fingerprint density at radius 2 is 1.87 bits per heavy atom. The molecule has 1 aliphatic rings. The number of aryl methyl sites for hydroxylation is 2. The summed E-state index contributed by atoms with van der Waals surface area (Å²) in [7, 11) is 0. The molecule has 0 saturated carbocycles. The van der Waals surface area contributed by atoms with Crippen molar-refractivity contribution in [3.63, 3.8) is 0 Å². The van der Waals surface area contributed by atoms with Crippen molar-refractivity contribution in [3.05, 3.63) is 77.2 Å². The smallest absolute Gasteiger partial charge is 0.325 e. The van der Waals surface area contributed by atoms with Gasteiger partial charge < -0.3 is 9.73 Å². The molecular formula is C24H25N3O3. The predicted molar refractivity (Wildman–Crippen MR) is 114 cm³/mol. The second-order valence-corrected chi connectivity index (χ2v) is 7.81. The van der Waals surface area contributed by atoms with Gasteiger partial charge >= 0.3 is 6.03 Å². The molecule has 0 aliphatic carbocycles. The van der Waals surface area contributed by atoms with Crippen LogP contribution in [0.4, 0.5) is 4.79 Å². The summed E-state index contributed by atoms with van der Waals surface area (Å²) in [5.41, 5.74) is 3.42. The van der Waals surface area contributed by atoms with Crippen LogP contribution in [0.15, 0.2) is 59.2 Å². The minimum Gasteiger partial charge on any atom is -0.444 e. The number of rotatable bonds is 6. The van der Waals surface area contributed by atoms with Gasteiger partial charge in [-0.3, -0.25) is 9.69 Å². The number of benzene rings is 2. The topological polar surface area (TPSA) is 75.4 Å². The van der Waals surface area contributed by atoms with Crippen molar-refractivity contribution in [2.24, 2.45) is 0 Å².